The van der Waals surface area contributed by atoms with Gasteiger partial charge in [0.05, 0.1) is 17.6 Å². The van der Waals surface area contributed by atoms with Crippen molar-refractivity contribution in [3.05, 3.63) is 58.7 Å². The average molecular weight is 467 g/mol. The molecule has 0 amide bonds. The second-order valence-electron chi connectivity index (χ2n) is 9.49. The van der Waals surface area contributed by atoms with Crippen LogP contribution in [0.15, 0.2) is 36.2 Å². The molecule has 2 aromatic heterocycles. The van der Waals surface area contributed by atoms with Gasteiger partial charge in [-0.2, -0.15) is 0 Å². The predicted molar refractivity (Wildman–Crippen MR) is 125 cm³/mol. The van der Waals surface area contributed by atoms with Gasteiger partial charge in [0.1, 0.15) is 5.69 Å². The maximum absolute atomic E-state index is 13.2. The van der Waals surface area contributed by atoms with Crippen LogP contribution in [0.3, 0.4) is 0 Å². The zero-order valence-corrected chi connectivity index (χ0v) is 19.3. The number of allylic oxidation sites excluding steroid dienone is 1. The molecule has 1 saturated carbocycles. The van der Waals surface area contributed by atoms with Crippen molar-refractivity contribution in [1.82, 2.24) is 14.9 Å². The Hall–Kier alpha value is -3.00. The van der Waals surface area contributed by atoms with Crippen molar-refractivity contribution in [3.63, 3.8) is 0 Å². The van der Waals surface area contributed by atoms with Gasteiger partial charge in [-0.3, -0.25) is 24.5 Å². The van der Waals surface area contributed by atoms with Crippen LogP contribution in [0.5, 0.6) is 0 Å². The molecule has 0 N–H and O–H groups in total. The van der Waals surface area contributed by atoms with Crippen LogP contribution in [0.2, 0.25) is 0 Å². The van der Waals surface area contributed by atoms with Crippen LogP contribution < -0.4 is 4.90 Å². The molecule has 0 aromatic carbocycles. The molecule has 2 fully saturated rings. The maximum atomic E-state index is 13.2. The first kappa shape index (κ1) is 22.8. The van der Waals surface area contributed by atoms with E-state index in [-0.39, 0.29) is 36.7 Å². The molecule has 3 aliphatic rings. The summed E-state index contributed by atoms with van der Waals surface area (Å²) < 4.78 is 26.5. The van der Waals surface area contributed by atoms with Crippen molar-refractivity contribution in [3.8, 4) is 0 Å². The van der Waals surface area contributed by atoms with Gasteiger partial charge < -0.3 is 4.90 Å². The van der Waals surface area contributed by atoms with E-state index >= 15 is 0 Å². The molecule has 6 nitrogen and oxygen atoms in total. The van der Waals surface area contributed by atoms with E-state index in [1.165, 1.54) is 0 Å². The Bertz CT molecular complexity index is 1130. The minimum atomic E-state index is -2.64. The number of carbonyl (C=O) groups is 2. The van der Waals surface area contributed by atoms with Crippen LogP contribution >= 0.6 is 0 Å². The van der Waals surface area contributed by atoms with E-state index in [0.717, 1.165) is 55.2 Å². The number of carbonyl (C=O) groups excluding carboxylic acids is 2. The normalized spacial score (nSPS) is 20.5. The molecule has 0 unspecified atom stereocenters. The summed E-state index contributed by atoms with van der Waals surface area (Å²) in [6, 6.07) is 5.79. The number of halogens is 2. The Morgan fingerprint density at radius 2 is 1.88 bits per heavy atom. The summed E-state index contributed by atoms with van der Waals surface area (Å²) in [5, 5.41) is 0. The molecule has 178 valence electrons. The first-order chi connectivity index (χ1) is 16.3. The summed E-state index contributed by atoms with van der Waals surface area (Å²) >= 11 is 0. The molecule has 2 aliphatic carbocycles. The lowest BCUT2D eigenvalue weighted by Gasteiger charge is -2.37. The second kappa shape index (κ2) is 8.98. The monoisotopic (exact) mass is 466 g/mol. The van der Waals surface area contributed by atoms with Gasteiger partial charge in [-0.15, -0.1) is 0 Å². The number of nitrogens with zero attached hydrogens (tertiary/aromatic N) is 4. The molecule has 0 bridgehead atoms. The second-order valence-corrected chi connectivity index (χ2v) is 9.49. The van der Waals surface area contributed by atoms with E-state index in [1.807, 2.05) is 25.3 Å². The number of pyridine rings is 2. The Kier molecular flexibility index (Phi) is 6.02. The molecule has 0 radical (unpaired) electrons. The van der Waals surface area contributed by atoms with Crippen LogP contribution in [-0.4, -0.2) is 58.5 Å². The summed E-state index contributed by atoms with van der Waals surface area (Å²) in [6.07, 6.45) is 5.54. The number of alkyl halides is 2. The minimum Gasteiger partial charge on any atom is -0.368 e. The third-order valence-electron chi connectivity index (χ3n) is 7.05. The van der Waals surface area contributed by atoms with E-state index in [0.29, 0.717) is 17.7 Å². The summed E-state index contributed by atoms with van der Waals surface area (Å²) in [5.41, 5.74) is 4.70. The summed E-state index contributed by atoms with van der Waals surface area (Å²) in [6.45, 7) is 6.06. The molecule has 1 aliphatic heterocycles. The smallest absolute Gasteiger partial charge is 0.249 e. The third-order valence-corrected chi connectivity index (χ3v) is 7.05. The van der Waals surface area contributed by atoms with Crippen LogP contribution in [0.1, 0.15) is 53.5 Å². The number of piperazine rings is 1. The maximum Gasteiger partial charge on any atom is 0.249 e. The lowest BCUT2D eigenvalue weighted by atomic mass is 9.72. The Balaban J connectivity index is 1.18. The van der Waals surface area contributed by atoms with E-state index < -0.39 is 5.92 Å². The number of rotatable bonds is 6. The van der Waals surface area contributed by atoms with Crippen LogP contribution in [0.4, 0.5) is 14.5 Å². The van der Waals surface area contributed by atoms with Crippen molar-refractivity contribution in [2.45, 2.75) is 45.1 Å². The van der Waals surface area contributed by atoms with E-state index in [9.17, 15) is 18.4 Å². The summed E-state index contributed by atoms with van der Waals surface area (Å²) in [5.74, 6) is -2.98. The molecule has 2 aromatic rings. The number of aromatic nitrogens is 2. The molecule has 34 heavy (non-hydrogen) atoms. The summed E-state index contributed by atoms with van der Waals surface area (Å²) in [4.78, 5) is 37.8. The zero-order valence-electron chi connectivity index (χ0n) is 19.3. The first-order valence-electron chi connectivity index (χ1n) is 11.9. The minimum absolute atomic E-state index is 0.0491. The van der Waals surface area contributed by atoms with Crippen molar-refractivity contribution in [1.29, 1.82) is 0 Å². The highest BCUT2D eigenvalue weighted by molar-refractivity contribution is 6.04. The van der Waals surface area contributed by atoms with Gasteiger partial charge in [0, 0.05) is 70.2 Å². The number of Topliss-reactive ketones (excluding diaryl/α,β-unsaturated/α-hetero) is 2. The largest absolute Gasteiger partial charge is 0.368 e. The fraction of sp³-hybridized carbons (Fsp3) is 0.462. The molecule has 0 spiro atoms. The Morgan fingerprint density at radius 3 is 2.53 bits per heavy atom. The van der Waals surface area contributed by atoms with Crippen molar-refractivity contribution >= 4 is 23.3 Å². The molecule has 3 heterocycles. The Labute approximate surface area is 197 Å². The number of ketones is 2. The lowest BCUT2D eigenvalue weighted by molar-refractivity contribution is -0.121. The van der Waals surface area contributed by atoms with E-state index in [1.54, 1.807) is 18.3 Å². The van der Waals surface area contributed by atoms with Crippen LogP contribution in [-0.2, 0) is 17.8 Å². The number of hydrogen-bond acceptors (Lipinski definition) is 6. The molecule has 1 saturated heterocycles. The zero-order chi connectivity index (χ0) is 23.9. The average Bonchev–Trinajstić information content (AvgIpc) is 2.82. The first-order valence-corrected chi connectivity index (χ1v) is 11.9. The number of anilines is 1. The van der Waals surface area contributed by atoms with Gasteiger partial charge in [-0.1, -0.05) is 13.0 Å². The SMILES string of the molecule is CCC(=O)c1ccc(N2CCN(Cc3cnc4c(c3)CC(=O)C(C3CC(F)(F)C3)=C4)CC2)cn1. The molecule has 8 heteroatoms. The molecular formula is C26H28F2N4O2. The van der Waals surface area contributed by atoms with E-state index in [2.05, 4.69) is 19.8 Å². The van der Waals surface area contributed by atoms with E-state index in [4.69, 9.17) is 0 Å². The highest BCUT2D eigenvalue weighted by Gasteiger charge is 2.48. The van der Waals surface area contributed by atoms with Gasteiger partial charge >= 0.3 is 0 Å². The summed E-state index contributed by atoms with van der Waals surface area (Å²) in [7, 11) is 0. The fourth-order valence-corrected chi connectivity index (χ4v) is 5.00. The van der Waals surface area contributed by atoms with Gasteiger partial charge in [0.15, 0.2) is 11.6 Å². The highest BCUT2D eigenvalue weighted by Crippen LogP contribution is 2.47. The van der Waals surface area contributed by atoms with Crippen molar-refractivity contribution < 1.29 is 18.4 Å². The molecule has 5 rings (SSSR count). The Morgan fingerprint density at radius 1 is 1.12 bits per heavy atom. The topological polar surface area (TPSA) is 66.4 Å². The van der Waals surface area contributed by atoms with Crippen molar-refractivity contribution in [2.24, 2.45) is 5.92 Å². The molecule has 0 atom stereocenters. The van der Waals surface area contributed by atoms with Gasteiger partial charge in [0.2, 0.25) is 5.92 Å². The quantitative estimate of drug-likeness (QED) is 0.601. The lowest BCUT2D eigenvalue weighted by Crippen LogP contribution is -2.46. The standard InChI is InChI=1S/C26H28F2N4O2/c1-2-24(33)22-4-3-20(15-30-22)32-7-5-31(6-8-32)16-17-9-18-10-25(34)21(11-23(18)29-14-17)19-12-26(27,28)13-19/h3-4,9,11,14-15,19H,2,5-8,10,12-13,16H2,1H3. The van der Waals surface area contributed by atoms with Crippen molar-refractivity contribution in [2.75, 3.05) is 31.1 Å². The third kappa shape index (κ3) is 4.64. The highest BCUT2D eigenvalue weighted by atomic mass is 19.3. The number of fused-ring (bicyclic) bond motifs is 1. The predicted octanol–water partition coefficient (Wildman–Crippen LogP) is 3.95. The van der Waals surface area contributed by atoms with Crippen LogP contribution in [0.25, 0.3) is 6.08 Å². The van der Waals surface area contributed by atoms with Gasteiger partial charge in [-0.25, -0.2) is 8.78 Å². The van der Waals surface area contributed by atoms with Gasteiger partial charge in [-0.05, 0) is 35.3 Å². The molecular weight excluding hydrogens is 438 g/mol. The van der Waals surface area contributed by atoms with Crippen LogP contribution in [0, 0.1) is 5.92 Å². The number of hydrogen-bond donors (Lipinski definition) is 0. The van der Waals surface area contributed by atoms with Gasteiger partial charge in [0.25, 0.3) is 0 Å². The fourth-order valence-electron chi connectivity index (χ4n) is 5.00.